The first kappa shape index (κ1) is 22.1. The maximum atomic E-state index is 12.6. The Hall–Kier alpha value is -2.97. The molecule has 4 N–H and O–H groups in total. The summed E-state index contributed by atoms with van der Waals surface area (Å²) >= 11 is 0. The number of hydrogen-bond acceptors (Lipinski definition) is 5. The topological polar surface area (TPSA) is 128 Å². The summed E-state index contributed by atoms with van der Waals surface area (Å²) in [5.74, 6) is -2.94. The van der Waals surface area contributed by atoms with E-state index in [0.717, 1.165) is 5.56 Å². The lowest BCUT2D eigenvalue weighted by molar-refractivity contribution is -0.131. The number of ketones is 1. The van der Waals surface area contributed by atoms with Crippen molar-refractivity contribution in [1.29, 1.82) is 0 Å². The first-order chi connectivity index (χ1) is 12.7. The number of halogens is 1. The van der Waals surface area contributed by atoms with Crippen LogP contribution in [0.25, 0.3) is 0 Å². The number of rotatable bonds is 10. The number of nitrogens with one attached hydrogen (secondary N) is 2. The van der Waals surface area contributed by atoms with Crippen molar-refractivity contribution < 1.29 is 28.3 Å². The van der Waals surface area contributed by atoms with E-state index in [1.54, 1.807) is 38.1 Å². The molecular weight excluding hydrogens is 357 g/mol. The maximum absolute atomic E-state index is 12.6. The number of benzene rings is 1. The molecule has 0 aliphatic carbocycles. The Morgan fingerprint density at radius 1 is 1.11 bits per heavy atom. The monoisotopic (exact) mass is 381 g/mol. The Morgan fingerprint density at radius 3 is 2.26 bits per heavy atom. The highest BCUT2D eigenvalue weighted by Gasteiger charge is 2.29. The molecule has 0 radical (unpaired) electrons. The summed E-state index contributed by atoms with van der Waals surface area (Å²) in [6, 6.07) is 6.53. The quantitative estimate of drug-likeness (QED) is 0.553. The molecule has 0 fully saturated rings. The molecule has 1 rings (SSSR count). The van der Waals surface area contributed by atoms with E-state index in [1.165, 1.54) is 0 Å². The first-order valence-corrected chi connectivity index (χ1v) is 8.39. The molecule has 9 heteroatoms. The lowest BCUT2D eigenvalue weighted by atomic mass is 10.0. The van der Waals surface area contributed by atoms with E-state index < -0.39 is 48.9 Å². The van der Waals surface area contributed by atoms with Crippen molar-refractivity contribution in [2.45, 2.75) is 39.0 Å². The average molecular weight is 381 g/mol. The minimum absolute atomic E-state index is 0.0176. The average Bonchev–Trinajstić information content (AvgIpc) is 2.63. The van der Waals surface area contributed by atoms with Gasteiger partial charge in [0, 0.05) is 0 Å². The van der Waals surface area contributed by atoms with Gasteiger partial charge in [-0.05, 0) is 11.5 Å². The van der Waals surface area contributed by atoms with Crippen LogP contribution >= 0.6 is 0 Å². The SMILES string of the molecule is CC(C)C(NC(=O)OCc1ccccc1)C(=O)NC(CC(N)=O)C(=O)CF. The molecule has 2 atom stereocenters. The summed E-state index contributed by atoms with van der Waals surface area (Å²) in [5, 5.41) is 4.67. The van der Waals surface area contributed by atoms with E-state index in [0.29, 0.717) is 0 Å². The number of carbonyl (C=O) groups is 4. The highest BCUT2D eigenvalue weighted by atomic mass is 19.1. The molecule has 27 heavy (non-hydrogen) atoms. The second-order valence-corrected chi connectivity index (χ2v) is 6.26. The molecule has 0 aliphatic heterocycles. The van der Waals surface area contributed by atoms with Gasteiger partial charge in [0.25, 0.3) is 0 Å². The largest absolute Gasteiger partial charge is 0.445 e. The summed E-state index contributed by atoms with van der Waals surface area (Å²) in [6.45, 7) is 2.00. The minimum Gasteiger partial charge on any atom is -0.445 e. The van der Waals surface area contributed by atoms with Crippen molar-refractivity contribution in [2.75, 3.05) is 6.67 Å². The Bertz CT molecular complexity index is 666. The summed E-state index contributed by atoms with van der Waals surface area (Å²) < 4.78 is 17.7. The first-order valence-electron chi connectivity index (χ1n) is 8.39. The van der Waals surface area contributed by atoms with E-state index in [4.69, 9.17) is 10.5 Å². The Morgan fingerprint density at radius 2 is 1.74 bits per heavy atom. The lowest BCUT2D eigenvalue weighted by Gasteiger charge is -2.24. The Kier molecular flexibility index (Phi) is 8.91. The van der Waals surface area contributed by atoms with Gasteiger partial charge in [-0.3, -0.25) is 14.4 Å². The molecule has 0 aliphatic rings. The number of ether oxygens (including phenoxy) is 1. The molecule has 8 nitrogen and oxygen atoms in total. The molecule has 2 unspecified atom stereocenters. The van der Waals surface area contributed by atoms with Crippen molar-refractivity contribution in [3.05, 3.63) is 35.9 Å². The van der Waals surface area contributed by atoms with Crippen LogP contribution in [-0.2, 0) is 25.7 Å². The van der Waals surface area contributed by atoms with Gasteiger partial charge in [-0.1, -0.05) is 44.2 Å². The normalized spacial score (nSPS) is 12.7. The predicted molar refractivity (Wildman–Crippen MR) is 95.1 cm³/mol. The number of alkyl carbamates (subject to hydrolysis) is 1. The van der Waals surface area contributed by atoms with E-state index in [9.17, 15) is 23.6 Å². The van der Waals surface area contributed by atoms with Gasteiger partial charge in [0.05, 0.1) is 12.5 Å². The van der Waals surface area contributed by atoms with Crippen LogP contribution in [0.15, 0.2) is 30.3 Å². The third kappa shape index (κ3) is 7.85. The molecule has 0 spiro atoms. The van der Waals surface area contributed by atoms with Crippen LogP contribution in [0.3, 0.4) is 0 Å². The summed E-state index contributed by atoms with van der Waals surface area (Å²) in [4.78, 5) is 46.9. The molecule has 148 valence electrons. The number of hydrogen-bond donors (Lipinski definition) is 3. The molecule has 1 aromatic rings. The molecular formula is C18H24FN3O5. The highest BCUT2D eigenvalue weighted by molar-refractivity contribution is 5.95. The van der Waals surface area contributed by atoms with Crippen molar-refractivity contribution in [1.82, 2.24) is 10.6 Å². The van der Waals surface area contributed by atoms with Crippen molar-refractivity contribution >= 4 is 23.7 Å². The lowest BCUT2D eigenvalue weighted by Crippen LogP contribution is -2.54. The number of amides is 3. The molecule has 0 saturated heterocycles. The Balaban J connectivity index is 2.69. The third-order valence-electron chi connectivity index (χ3n) is 3.68. The third-order valence-corrected chi connectivity index (χ3v) is 3.68. The van der Waals surface area contributed by atoms with Gasteiger partial charge in [-0.2, -0.15) is 0 Å². The van der Waals surface area contributed by atoms with Crippen molar-refractivity contribution in [2.24, 2.45) is 11.7 Å². The van der Waals surface area contributed by atoms with Gasteiger partial charge < -0.3 is 21.1 Å². The molecule has 0 heterocycles. The van der Waals surface area contributed by atoms with Crippen LogP contribution < -0.4 is 16.4 Å². The van der Waals surface area contributed by atoms with Gasteiger partial charge in [0.1, 0.15) is 19.3 Å². The van der Waals surface area contributed by atoms with E-state index in [2.05, 4.69) is 10.6 Å². The zero-order valence-electron chi connectivity index (χ0n) is 15.2. The number of primary amides is 1. The van der Waals surface area contributed by atoms with Crippen molar-refractivity contribution in [3.8, 4) is 0 Å². The fourth-order valence-electron chi connectivity index (χ4n) is 2.23. The maximum Gasteiger partial charge on any atom is 0.408 e. The van der Waals surface area contributed by atoms with E-state index in [-0.39, 0.29) is 12.5 Å². The van der Waals surface area contributed by atoms with Crippen molar-refractivity contribution in [3.63, 3.8) is 0 Å². The van der Waals surface area contributed by atoms with E-state index in [1.807, 2.05) is 6.07 Å². The van der Waals surface area contributed by atoms with Gasteiger partial charge in [0.2, 0.25) is 11.8 Å². The Labute approximate surface area is 156 Å². The van der Waals surface area contributed by atoms with Crippen LogP contribution in [0.2, 0.25) is 0 Å². The summed E-state index contributed by atoms with van der Waals surface area (Å²) in [6.07, 6.45) is -1.35. The molecule has 1 aromatic carbocycles. The number of Topliss-reactive ketones (excluding diaryl/α,β-unsaturated/α-hetero) is 1. The predicted octanol–water partition coefficient (Wildman–Crippen LogP) is 0.836. The number of alkyl halides is 1. The highest BCUT2D eigenvalue weighted by Crippen LogP contribution is 2.06. The minimum atomic E-state index is -1.39. The fourth-order valence-corrected chi connectivity index (χ4v) is 2.23. The summed E-state index contributed by atoms with van der Waals surface area (Å²) in [7, 11) is 0. The second kappa shape index (κ2) is 10.9. The molecule has 0 aromatic heterocycles. The standard InChI is InChI=1S/C18H24FN3O5/c1-11(2)16(17(25)21-13(8-15(20)24)14(23)9-19)22-18(26)27-10-12-6-4-3-5-7-12/h3-7,11,13,16H,8-10H2,1-2H3,(H2,20,24)(H,21,25)(H,22,26). The zero-order valence-corrected chi connectivity index (χ0v) is 15.2. The van der Waals surface area contributed by atoms with Crippen LogP contribution in [0.1, 0.15) is 25.8 Å². The van der Waals surface area contributed by atoms with Gasteiger partial charge >= 0.3 is 6.09 Å². The zero-order chi connectivity index (χ0) is 20.4. The molecule has 3 amide bonds. The van der Waals surface area contributed by atoms with Gasteiger partial charge in [-0.25, -0.2) is 9.18 Å². The molecule has 0 saturated carbocycles. The van der Waals surface area contributed by atoms with E-state index >= 15 is 0 Å². The second-order valence-electron chi connectivity index (χ2n) is 6.26. The number of nitrogens with two attached hydrogens (primary N) is 1. The fraction of sp³-hybridized carbons (Fsp3) is 0.444. The number of carbonyl (C=O) groups excluding carboxylic acids is 4. The van der Waals surface area contributed by atoms with Crippen LogP contribution in [0.4, 0.5) is 9.18 Å². The summed E-state index contributed by atoms with van der Waals surface area (Å²) in [5.41, 5.74) is 5.79. The van der Waals surface area contributed by atoms with Gasteiger partial charge in [-0.15, -0.1) is 0 Å². The van der Waals surface area contributed by atoms with Crippen LogP contribution in [-0.4, -0.2) is 42.4 Å². The van der Waals surface area contributed by atoms with Crippen LogP contribution in [0.5, 0.6) is 0 Å². The van der Waals surface area contributed by atoms with Gasteiger partial charge in [0.15, 0.2) is 5.78 Å². The molecule has 0 bridgehead atoms. The van der Waals surface area contributed by atoms with Crippen LogP contribution in [0, 0.1) is 5.92 Å². The smallest absolute Gasteiger partial charge is 0.408 e.